The van der Waals surface area contributed by atoms with Gasteiger partial charge < -0.3 is 5.32 Å². The first-order chi connectivity index (χ1) is 8.74. The van der Waals surface area contributed by atoms with E-state index in [1.807, 2.05) is 11.3 Å². The van der Waals surface area contributed by atoms with Crippen LogP contribution in [0.3, 0.4) is 0 Å². The molecule has 0 bridgehead atoms. The molecule has 2 heterocycles. The van der Waals surface area contributed by atoms with Gasteiger partial charge in [0.1, 0.15) is 0 Å². The number of thiophene rings is 1. The van der Waals surface area contributed by atoms with E-state index in [-0.39, 0.29) is 0 Å². The Morgan fingerprint density at radius 1 is 1.33 bits per heavy atom. The van der Waals surface area contributed by atoms with Crippen LogP contribution in [-0.2, 0) is 0 Å². The van der Waals surface area contributed by atoms with E-state index >= 15 is 0 Å². The van der Waals surface area contributed by atoms with Gasteiger partial charge in [-0.25, -0.2) is 0 Å². The number of aryl methyl sites for hydroxylation is 1. The van der Waals surface area contributed by atoms with Crippen LogP contribution in [0.4, 0.5) is 0 Å². The molecule has 0 amide bonds. The Balaban J connectivity index is 1.71. The number of likely N-dealkylation sites (tertiary alicyclic amines) is 1. The first-order valence-electron chi connectivity index (χ1n) is 7.24. The maximum absolute atomic E-state index is 3.73. The summed E-state index contributed by atoms with van der Waals surface area (Å²) < 4.78 is 0. The second kappa shape index (κ2) is 5.32. The van der Waals surface area contributed by atoms with Crippen LogP contribution in [0.5, 0.6) is 0 Å². The third-order valence-corrected chi connectivity index (χ3v) is 5.38. The van der Waals surface area contributed by atoms with Crippen molar-refractivity contribution in [1.29, 1.82) is 0 Å². The topological polar surface area (TPSA) is 15.3 Å². The third kappa shape index (κ3) is 2.79. The van der Waals surface area contributed by atoms with Crippen LogP contribution < -0.4 is 5.32 Å². The van der Waals surface area contributed by atoms with Gasteiger partial charge in [0.15, 0.2) is 0 Å². The lowest BCUT2D eigenvalue weighted by Crippen LogP contribution is -2.40. The first kappa shape index (κ1) is 12.6. The van der Waals surface area contributed by atoms with E-state index in [2.05, 4.69) is 36.3 Å². The summed E-state index contributed by atoms with van der Waals surface area (Å²) in [7, 11) is 2.29. The molecule has 18 heavy (non-hydrogen) atoms. The minimum atomic E-state index is 0.642. The highest BCUT2D eigenvalue weighted by Gasteiger charge is 2.32. The molecule has 2 fully saturated rings. The fraction of sp³-hybridized carbons (Fsp3) is 0.733. The highest BCUT2D eigenvalue weighted by atomic mass is 32.1. The van der Waals surface area contributed by atoms with Gasteiger partial charge in [0, 0.05) is 28.4 Å². The molecule has 2 nitrogen and oxygen atoms in total. The van der Waals surface area contributed by atoms with Crippen LogP contribution in [0.15, 0.2) is 12.1 Å². The number of rotatable bonds is 4. The van der Waals surface area contributed by atoms with Crippen LogP contribution in [0.2, 0.25) is 0 Å². The van der Waals surface area contributed by atoms with Gasteiger partial charge >= 0.3 is 0 Å². The average Bonchev–Trinajstić information content (AvgIpc) is 3.09. The summed E-state index contributed by atoms with van der Waals surface area (Å²) in [6.07, 6.45) is 5.52. The smallest absolute Gasteiger partial charge is 0.0478 e. The molecule has 1 aromatic rings. The van der Waals surface area contributed by atoms with Crippen LogP contribution in [0.1, 0.15) is 41.5 Å². The highest BCUT2D eigenvalue weighted by Crippen LogP contribution is 2.38. The largest absolute Gasteiger partial charge is 0.314 e. The van der Waals surface area contributed by atoms with Crippen LogP contribution >= 0.6 is 11.3 Å². The molecule has 2 atom stereocenters. The molecule has 1 saturated heterocycles. The van der Waals surface area contributed by atoms with E-state index in [1.54, 1.807) is 4.88 Å². The summed E-state index contributed by atoms with van der Waals surface area (Å²) in [5.74, 6) is 0.794. The molecule has 2 unspecified atom stereocenters. The maximum atomic E-state index is 3.73. The Bertz CT molecular complexity index is 397. The van der Waals surface area contributed by atoms with Crippen LogP contribution in [-0.4, -0.2) is 31.1 Å². The minimum absolute atomic E-state index is 0.642. The van der Waals surface area contributed by atoms with E-state index < -0.39 is 0 Å². The van der Waals surface area contributed by atoms with Crippen molar-refractivity contribution in [1.82, 2.24) is 10.2 Å². The minimum Gasteiger partial charge on any atom is -0.314 e. The molecule has 2 aliphatic rings. The van der Waals surface area contributed by atoms with Gasteiger partial charge in [-0.05, 0) is 64.3 Å². The SMILES string of the molecule is Cc1ccc(C2C(CNC3CC3)CCCN2C)s1. The number of piperidine rings is 1. The van der Waals surface area contributed by atoms with Gasteiger partial charge in [0.2, 0.25) is 0 Å². The molecule has 1 N–H and O–H groups in total. The highest BCUT2D eigenvalue weighted by molar-refractivity contribution is 7.12. The Kier molecular flexibility index (Phi) is 3.73. The fourth-order valence-electron chi connectivity index (χ4n) is 3.14. The summed E-state index contributed by atoms with van der Waals surface area (Å²) in [4.78, 5) is 5.57. The van der Waals surface area contributed by atoms with Crippen molar-refractivity contribution in [2.24, 2.45) is 5.92 Å². The Morgan fingerprint density at radius 3 is 2.83 bits per heavy atom. The lowest BCUT2D eigenvalue weighted by Gasteiger charge is -2.39. The van der Waals surface area contributed by atoms with E-state index in [1.165, 1.54) is 43.6 Å². The Hall–Kier alpha value is -0.380. The van der Waals surface area contributed by atoms with Gasteiger partial charge in [-0.3, -0.25) is 4.90 Å². The lowest BCUT2D eigenvalue weighted by molar-refractivity contribution is 0.122. The zero-order chi connectivity index (χ0) is 12.5. The number of nitrogens with zero attached hydrogens (tertiary/aromatic N) is 1. The summed E-state index contributed by atoms with van der Waals surface area (Å²) >= 11 is 1.98. The molecule has 1 saturated carbocycles. The monoisotopic (exact) mass is 264 g/mol. The number of hydrogen-bond donors (Lipinski definition) is 1. The van der Waals surface area contributed by atoms with Gasteiger partial charge in [0.05, 0.1) is 0 Å². The van der Waals surface area contributed by atoms with Gasteiger partial charge in [-0.15, -0.1) is 11.3 Å². The van der Waals surface area contributed by atoms with E-state index in [4.69, 9.17) is 0 Å². The Labute approximate surface area is 114 Å². The van der Waals surface area contributed by atoms with Crippen molar-refractivity contribution < 1.29 is 0 Å². The van der Waals surface area contributed by atoms with Crippen molar-refractivity contribution >= 4 is 11.3 Å². The molecule has 1 aliphatic heterocycles. The summed E-state index contributed by atoms with van der Waals surface area (Å²) in [6, 6.07) is 6.09. The maximum Gasteiger partial charge on any atom is 0.0478 e. The van der Waals surface area contributed by atoms with Gasteiger partial charge in [-0.1, -0.05) is 0 Å². The third-order valence-electron chi connectivity index (χ3n) is 4.31. The first-order valence-corrected chi connectivity index (χ1v) is 8.05. The quantitative estimate of drug-likeness (QED) is 0.898. The zero-order valence-corrected chi connectivity index (χ0v) is 12.3. The molecule has 100 valence electrons. The second-order valence-electron chi connectivity index (χ2n) is 5.96. The van der Waals surface area contributed by atoms with Gasteiger partial charge in [0.25, 0.3) is 0 Å². The van der Waals surface area contributed by atoms with Crippen molar-refractivity contribution in [2.45, 2.75) is 44.7 Å². The van der Waals surface area contributed by atoms with Crippen molar-refractivity contribution in [3.63, 3.8) is 0 Å². The molecular weight excluding hydrogens is 240 g/mol. The van der Waals surface area contributed by atoms with Crippen molar-refractivity contribution in [3.05, 3.63) is 21.9 Å². The van der Waals surface area contributed by atoms with E-state index in [0.717, 1.165) is 12.0 Å². The molecule has 1 aliphatic carbocycles. The Morgan fingerprint density at radius 2 is 2.17 bits per heavy atom. The molecule has 0 aromatic carbocycles. The predicted molar refractivity (Wildman–Crippen MR) is 78.2 cm³/mol. The lowest BCUT2D eigenvalue weighted by atomic mass is 9.88. The van der Waals surface area contributed by atoms with Gasteiger partial charge in [-0.2, -0.15) is 0 Å². The van der Waals surface area contributed by atoms with Crippen molar-refractivity contribution in [3.8, 4) is 0 Å². The average molecular weight is 264 g/mol. The fourth-order valence-corrected chi connectivity index (χ4v) is 4.28. The zero-order valence-electron chi connectivity index (χ0n) is 11.5. The van der Waals surface area contributed by atoms with Crippen LogP contribution in [0.25, 0.3) is 0 Å². The molecular formula is C15H24N2S. The molecule has 1 aromatic heterocycles. The van der Waals surface area contributed by atoms with Crippen molar-refractivity contribution in [2.75, 3.05) is 20.1 Å². The van der Waals surface area contributed by atoms with E-state index in [9.17, 15) is 0 Å². The normalized spacial score (nSPS) is 29.7. The number of nitrogens with one attached hydrogen (secondary N) is 1. The predicted octanol–water partition coefficient (Wildman–Crippen LogP) is 3.19. The van der Waals surface area contributed by atoms with E-state index in [0.29, 0.717) is 6.04 Å². The molecule has 0 spiro atoms. The summed E-state index contributed by atoms with van der Waals surface area (Å²) in [5.41, 5.74) is 0. The summed E-state index contributed by atoms with van der Waals surface area (Å²) in [5, 5.41) is 3.73. The summed E-state index contributed by atoms with van der Waals surface area (Å²) in [6.45, 7) is 4.67. The number of hydrogen-bond acceptors (Lipinski definition) is 3. The second-order valence-corrected chi connectivity index (χ2v) is 7.28. The molecule has 3 heteroatoms. The molecule has 0 radical (unpaired) electrons. The van der Waals surface area contributed by atoms with Crippen LogP contribution in [0, 0.1) is 12.8 Å². The standard InChI is InChI=1S/C15H24N2S/c1-11-5-8-14(18-11)15-12(4-3-9-17(15)2)10-16-13-6-7-13/h5,8,12-13,15-16H,3-4,6-7,9-10H2,1-2H3. The molecule has 3 rings (SSSR count).